The fourth-order valence-electron chi connectivity index (χ4n) is 2.06. The van der Waals surface area contributed by atoms with Gasteiger partial charge in [0.2, 0.25) is 0 Å². The highest BCUT2D eigenvalue weighted by atomic mass is 16.5. The molecule has 130 valence electrons. The maximum atomic E-state index is 12.1. The van der Waals surface area contributed by atoms with Gasteiger partial charge >= 0.3 is 0 Å². The van der Waals surface area contributed by atoms with Gasteiger partial charge in [0.25, 0.3) is 5.91 Å². The zero-order valence-electron chi connectivity index (χ0n) is 14.1. The van der Waals surface area contributed by atoms with Gasteiger partial charge in [0, 0.05) is 19.2 Å². The highest BCUT2D eigenvalue weighted by Crippen LogP contribution is 2.20. The molecule has 2 aromatic rings. The minimum Gasteiger partial charge on any atom is -0.497 e. The maximum Gasteiger partial charge on any atom is 0.273 e. The van der Waals surface area contributed by atoms with E-state index >= 15 is 0 Å². The highest BCUT2D eigenvalue weighted by molar-refractivity contribution is 5.92. The van der Waals surface area contributed by atoms with Gasteiger partial charge in [0.1, 0.15) is 18.1 Å². The summed E-state index contributed by atoms with van der Waals surface area (Å²) >= 11 is 0. The Kier molecular flexibility index (Phi) is 6.62. The first-order valence-corrected chi connectivity index (χ1v) is 7.68. The van der Waals surface area contributed by atoms with Crippen molar-refractivity contribution in [1.29, 1.82) is 0 Å². The molecule has 0 aliphatic carbocycles. The lowest BCUT2D eigenvalue weighted by Gasteiger charge is -2.14. The number of methoxy groups -OCH3 is 2. The molecule has 0 aliphatic rings. The molecule has 0 spiro atoms. The molecule has 1 heterocycles. The van der Waals surface area contributed by atoms with E-state index in [0.29, 0.717) is 23.9 Å². The van der Waals surface area contributed by atoms with Gasteiger partial charge < -0.3 is 24.1 Å². The molecular weight excluding hydrogens is 312 g/mol. The fourth-order valence-corrected chi connectivity index (χ4v) is 2.06. The monoisotopic (exact) mass is 334 g/mol. The predicted molar refractivity (Wildman–Crippen MR) is 87.3 cm³/mol. The van der Waals surface area contributed by atoms with Gasteiger partial charge in [-0.1, -0.05) is 18.1 Å². The van der Waals surface area contributed by atoms with Crippen LogP contribution in [-0.4, -0.2) is 37.9 Å². The van der Waals surface area contributed by atoms with Crippen molar-refractivity contribution in [1.82, 2.24) is 10.5 Å². The van der Waals surface area contributed by atoms with Crippen LogP contribution in [0.25, 0.3) is 0 Å². The Morgan fingerprint density at radius 2 is 2.08 bits per heavy atom. The zero-order chi connectivity index (χ0) is 17.4. The van der Waals surface area contributed by atoms with Crippen molar-refractivity contribution in [3.63, 3.8) is 0 Å². The molecule has 24 heavy (non-hydrogen) atoms. The van der Waals surface area contributed by atoms with Crippen LogP contribution in [0.1, 0.15) is 29.6 Å². The van der Waals surface area contributed by atoms with Crippen LogP contribution in [0.5, 0.6) is 11.5 Å². The van der Waals surface area contributed by atoms with Crippen LogP contribution >= 0.6 is 0 Å². The summed E-state index contributed by atoms with van der Waals surface area (Å²) in [5, 5.41) is 6.62. The summed E-state index contributed by atoms with van der Waals surface area (Å²) in [4.78, 5) is 12.1. The smallest absolute Gasteiger partial charge is 0.273 e. The molecule has 1 aromatic carbocycles. The maximum absolute atomic E-state index is 12.1. The minimum absolute atomic E-state index is 0.0596. The Balaban J connectivity index is 1.91. The number of benzene rings is 1. The van der Waals surface area contributed by atoms with Crippen LogP contribution < -0.4 is 14.8 Å². The van der Waals surface area contributed by atoms with E-state index in [4.69, 9.17) is 18.7 Å². The topological polar surface area (TPSA) is 82.8 Å². The Bertz CT molecular complexity index is 656. The third kappa shape index (κ3) is 4.99. The SMILES string of the molecule is CCC(COC)NC(=O)c1cc(COc2cccc(OC)c2)on1. The molecule has 0 radical (unpaired) electrons. The van der Waals surface area contributed by atoms with E-state index < -0.39 is 0 Å². The summed E-state index contributed by atoms with van der Waals surface area (Å²) in [5.41, 5.74) is 0.216. The van der Waals surface area contributed by atoms with E-state index in [0.717, 1.165) is 6.42 Å². The second-order valence-corrected chi connectivity index (χ2v) is 5.18. The molecule has 1 N–H and O–H groups in total. The zero-order valence-corrected chi connectivity index (χ0v) is 14.1. The summed E-state index contributed by atoms with van der Waals surface area (Å²) in [5.74, 6) is 1.51. The molecule has 1 unspecified atom stereocenters. The summed E-state index contributed by atoms with van der Waals surface area (Å²) in [6.07, 6.45) is 0.767. The molecular formula is C17H22N2O5. The van der Waals surface area contributed by atoms with Gasteiger partial charge in [-0.3, -0.25) is 4.79 Å². The Hall–Kier alpha value is -2.54. The molecule has 7 heteroatoms. The molecule has 1 atom stereocenters. The van der Waals surface area contributed by atoms with Gasteiger partial charge in [-0.05, 0) is 18.6 Å². The molecule has 1 aromatic heterocycles. The Morgan fingerprint density at radius 3 is 2.79 bits per heavy atom. The molecule has 0 saturated heterocycles. The highest BCUT2D eigenvalue weighted by Gasteiger charge is 2.16. The number of amides is 1. The molecule has 0 saturated carbocycles. The molecule has 1 amide bonds. The largest absolute Gasteiger partial charge is 0.497 e. The molecule has 0 fully saturated rings. The first-order chi connectivity index (χ1) is 11.7. The molecule has 2 rings (SSSR count). The third-order valence-corrected chi connectivity index (χ3v) is 3.41. The number of carbonyl (C=O) groups excluding carboxylic acids is 1. The Morgan fingerprint density at radius 1 is 1.29 bits per heavy atom. The second kappa shape index (κ2) is 8.93. The number of nitrogens with one attached hydrogen (secondary N) is 1. The number of aromatic nitrogens is 1. The van der Waals surface area contributed by atoms with Crippen molar-refractivity contribution in [2.75, 3.05) is 20.8 Å². The number of carbonyl (C=O) groups is 1. The van der Waals surface area contributed by atoms with E-state index in [2.05, 4.69) is 10.5 Å². The lowest BCUT2D eigenvalue weighted by atomic mass is 10.2. The van der Waals surface area contributed by atoms with Crippen LogP contribution in [0.15, 0.2) is 34.9 Å². The summed E-state index contributed by atoms with van der Waals surface area (Å²) in [6.45, 7) is 2.59. The average Bonchev–Trinajstić information content (AvgIpc) is 3.09. The molecule has 0 aliphatic heterocycles. The van der Waals surface area contributed by atoms with Crippen LogP contribution in [0.4, 0.5) is 0 Å². The van der Waals surface area contributed by atoms with Gasteiger partial charge in [-0.2, -0.15) is 0 Å². The predicted octanol–water partition coefficient (Wildman–Crippen LogP) is 2.42. The van der Waals surface area contributed by atoms with E-state index in [1.807, 2.05) is 25.1 Å². The first kappa shape index (κ1) is 17.8. The van der Waals surface area contributed by atoms with Crippen LogP contribution in [0.3, 0.4) is 0 Å². The number of ether oxygens (including phenoxy) is 3. The van der Waals surface area contributed by atoms with Crippen molar-refractivity contribution in [3.05, 3.63) is 41.8 Å². The first-order valence-electron chi connectivity index (χ1n) is 7.68. The van der Waals surface area contributed by atoms with Crippen LogP contribution in [0.2, 0.25) is 0 Å². The normalized spacial score (nSPS) is 11.8. The van der Waals surface area contributed by atoms with E-state index in [1.165, 1.54) is 0 Å². The summed E-state index contributed by atoms with van der Waals surface area (Å²) in [7, 11) is 3.19. The van der Waals surface area contributed by atoms with Crippen molar-refractivity contribution >= 4 is 5.91 Å². The van der Waals surface area contributed by atoms with E-state index in [9.17, 15) is 4.79 Å². The van der Waals surface area contributed by atoms with E-state index in [-0.39, 0.29) is 24.2 Å². The van der Waals surface area contributed by atoms with Crippen molar-refractivity contribution in [2.45, 2.75) is 26.0 Å². The minimum atomic E-state index is -0.296. The van der Waals surface area contributed by atoms with Crippen molar-refractivity contribution in [3.8, 4) is 11.5 Å². The Labute approximate surface area is 140 Å². The summed E-state index contributed by atoms with van der Waals surface area (Å²) < 4.78 is 20.9. The summed E-state index contributed by atoms with van der Waals surface area (Å²) in [6, 6.07) is 8.73. The van der Waals surface area contributed by atoms with Crippen molar-refractivity contribution < 1.29 is 23.5 Å². The standard InChI is InChI=1S/C17H22N2O5/c1-4-12(10-21-2)18-17(20)16-9-15(24-19-16)11-23-14-7-5-6-13(8-14)22-3/h5-9,12H,4,10-11H2,1-3H3,(H,18,20). The van der Waals surface area contributed by atoms with Gasteiger partial charge in [-0.25, -0.2) is 0 Å². The molecule has 7 nitrogen and oxygen atoms in total. The van der Waals surface area contributed by atoms with Gasteiger partial charge in [0.15, 0.2) is 11.5 Å². The van der Waals surface area contributed by atoms with Gasteiger partial charge in [-0.15, -0.1) is 0 Å². The lowest BCUT2D eigenvalue weighted by molar-refractivity contribution is 0.0885. The second-order valence-electron chi connectivity index (χ2n) is 5.18. The van der Waals surface area contributed by atoms with Crippen LogP contribution in [0, 0.1) is 0 Å². The number of nitrogens with zero attached hydrogens (tertiary/aromatic N) is 1. The quantitative estimate of drug-likeness (QED) is 0.758. The number of hydrogen-bond acceptors (Lipinski definition) is 6. The fraction of sp³-hybridized carbons (Fsp3) is 0.412. The molecule has 0 bridgehead atoms. The lowest BCUT2D eigenvalue weighted by Crippen LogP contribution is -2.37. The third-order valence-electron chi connectivity index (χ3n) is 3.41. The van der Waals surface area contributed by atoms with Gasteiger partial charge in [0.05, 0.1) is 19.8 Å². The number of rotatable bonds is 9. The van der Waals surface area contributed by atoms with Crippen molar-refractivity contribution in [2.24, 2.45) is 0 Å². The number of hydrogen-bond donors (Lipinski definition) is 1. The average molecular weight is 334 g/mol. The van der Waals surface area contributed by atoms with Crippen LogP contribution in [-0.2, 0) is 11.3 Å². The van der Waals surface area contributed by atoms with E-state index in [1.54, 1.807) is 26.4 Å².